The van der Waals surface area contributed by atoms with E-state index in [-0.39, 0.29) is 5.41 Å². The van der Waals surface area contributed by atoms with E-state index in [1.54, 1.807) is 0 Å². The van der Waals surface area contributed by atoms with Crippen molar-refractivity contribution in [1.29, 1.82) is 0 Å². The number of likely N-dealkylation sites (tertiary alicyclic amines) is 1. The van der Waals surface area contributed by atoms with E-state index >= 15 is 0 Å². The third kappa shape index (κ3) is 4.16. The molecule has 21 heavy (non-hydrogen) atoms. The number of aldehydes is 1. The molecule has 2 unspecified atom stereocenters. The quantitative estimate of drug-likeness (QED) is 0.766. The van der Waals surface area contributed by atoms with Gasteiger partial charge in [-0.1, -0.05) is 44.2 Å². The fourth-order valence-electron chi connectivity index (χ4n) is 3.49. The monoisotopic (exact) mass is 287 g/mol. The maximum atomic E-state index is 11.7. The molecule has 0 spiro atoms. The van der Waals surface area contributed by atoms with Gasteiger partial charge in [0.25, 0.3) is 0 Å². The van der Waals surface area contributed by atoms with Gasteiger partial charge < -0.3 is 9.69 Å². The molecule has 2 nitrogen and oxygen atoms in total. The Balaban J connectivity index is 2.04. The van der Waals surface area contributed by atoms with E-state index in [2.05, 4.69) is 37.8 Å². The van der Waals surface area contributed by atoms with Gasteiger partial charge in [-0.2, -0.15) is 0 Å². The van der Waals surface area contributed by atoms with E-state index in [4.69, 9.17) is 0 Å². The summed E-state index contributed by atoms with van der Waals surface area (Å²) in [6.07, 6.45) is 4.98. The third-order valence-electron chi connectivity index (χ3n) is 5.05. The second-order valence-electron chi connectivity index (χ2n) is 7.11. The van der Waals surface area contributed by atoms with Crippen LogP contribution in [0.2, 0.25) is 0 Å². The zero-order valence-electron chi connectivity index (χ0n) is 13.7. The van der Waals surface area contributed by atoms with Gasteiger partial charge in [-0.25, -0.2) is 0 Å². The van der Waals surface area contributed by atoms with Gasteiger partial charge in [-0.05, 0) is 56.7 Å². The lowest BCUT2D eigenvalue weighted by Gasteiger charge is -2.31. The summed E-state index contributed by atoms with van der Waals surface area (Å²) < 4.78 is 0. The molecule has 1 aromatic rings. The molecule has 0 amide bonds. The third-order valence-corrected chi connectivity index (χ3v) is 5.05. The molecule has 0 bridgehead atoms. The van der Waals surface area contributed by atoms with Crippen molar-refractivity contribution >= 4 is 6.29 Å². The standard InChI is InChI=1S/C19H29NO/c1-16(2)17-8-7-12-20(13-11-17)14-19(3,15-21)18-9-5-4-6-10-18/h4-6,9-10,15-17H,7-8,11-14H2,1-3H3. The van der Waals surface area contributed by atoms with Crippen molar-refractivity contribution in [3.63, 3.8) is 0 Å². The van der Waals surface area contributed by atoms with Crippen LogP contribution in [0.3, 0.4) is 0 Å². The minimum atomic E-state index is -0.390. The van der Waals surface area contributed by atoms with Crippen molar-refractivity contribution in [2.45, 2.75) is 45.4 Å². The first-order valence-electron chi connectivity index (χ1n) is 8.29. The van der Waals surface area contributed by atoms with Crippen molar-refractivity contribution in [3.8, 4) is 0 Å². The van der Waals surface area contributed by atoms with Crippen LogP contribution in [0, 0.1) is 11.8 Å². The maximum absolute atomic E-state index is 11.7. The molecule has 1 saturated heterocycles. The molecule has 1 heterocycles. The number of benzene rings is 1. The van der Waals surface area contributed by atoms with Crippen molar-refractivity contribution in [3.05, 3.63) is 35.9 Å². The minimum Gasteiger partial charge on any atom is -0.302 e. The molecule has 2 heteroatoms. The Labute approximate surface area is 129 Å². The van der Waals surface area contributed by atoms with Crippen LogP contribution in [0.15, 0.2) is 30.3 Å². The van der Waals surface area contributed by atoms with Gasteiger partial charge in [0.2, 0.25) is 0 Å². The van der Waals surface area contributed by atoms with Crippen LogP contribution < -0.4 is 0 Å². The first-order valence-corrected chi connectivity index (χ1v) is 8.29. The molecule has 0 aromatic heterocycles. The molecule has 116 valence electrons. The highest BCUT2D eigenvalue weighted by Gasteiger charge is 2.30. The van der Waals surface area contributed by atoms with Gasteiger partial charge in [-0.15, -0.1) is 0 Å². The average Bonchev–Trinajstić information content (AvgIpc) is 2.73. The summed E-state index contributed by atoms with van der Waals surface area (Å²) in [6, 6.07) is 10.2. The maximum Gasteiger partial charge on any atom is 0.131 e. The highest BCUT2D eigenvalue weighted by molar-refractivity contribution is 5.68. The molecule has 0 aliphatic carbocycles. The first kappa shape index (κ1) is 16.2. The summed E-state index contributed by atoms with van der Waals surface area (Å²) in [6.45, 7) is 9.82. The van der Waals surface area contributed by atoms with E-state index in [9.17, 15) is 4.79 Å². The van der Waals surface area contributed by atoms with Crippen molar-refractivity contribution in [1.82, 2.24) is 4.90 Å². The van der Waals surface area contributed by atoms with E-state index in [1.165, 1.54) is 19.3 Å². The van der Waals surface area contributed by atoms with Crippen molar-refractivity contribution in [2.24, 2.45) is 11.8 Å². The number of hydrogen-bond acceptors (Lipinski definition) is 2. The predicted octanol–water partition coefficient (Wildman–Crippen LogP) is 3.90. The Hall–Kier alpha value is -1.15. The summed E-state index contributed by atoms with van der Waals surface area (Å²) in [5.41, 5.74) is 0.739. The smallest absolute Gasteiger partial charge is 0.131 e. The van der Waals surface area contributed by atoms with Gasteiger partial charge in [0, 0.05) is 6.54 Å². The SMILES string of the molecule is CC(C)C1CCCN(CC(C)(C=O)c2ccccc2)CC1. The molecule has 2 rings (SSSR count). The van der Waals surface area contributed by atoms with Crippen LogP contribution in [-0.2, 0) is 10.2 Å². The number of nitrogens with zero attached hydrogens (tertiary/aromatic N) is 1. The largest absolute Gasteiger partial charge is 0.302 e. The van der Waals surface area contributed by atoms with E-state index in [0.717, 1.165) is 43.3 Å². The van der Waals surface area contributed by atoms with Gasteiger partial charge in [0.05, 0.1) is 5.41 Å². The zero-order chi connectivity index (χ0) is 15.3. The number of carbonyl (C=O) groups excluding carboxylic acids is 1. The van der Waals surface area contributed by atoms with Crippen LogP contribution in [0.5, 0.6) is 0 Å². The summed E-state index contributed by atoms with van der Waals surface area (Å²) in [7, 11) is 0. The Kier molecular flexibility index (Phi) is 5.58. The second-order valence-corrected chi connectivity index (χ2v) is 7.11. The Morgan fingerprint density at radius 3 is 2.57 bits per heavy atom. The molecule has 2 atom stereocenters. The Morgan fingerprint density at radius 2 is 1.95 bits per heavy atom. The number of hydrogen-bond donors (Lipinski definition) is 0. The lowest BCUT2D eigenvalue weighted by molar-refractivity contribution is -0.112. The number of rotatable bonds is 5. The van der Waals surface area contributed by atoms with Crippen molar-refractivity contribution < 1.29 is 4.79 Å². The summed E-state index contributed by atoms with van der Waals surface area (Å²) in [5.74, 6) is 1.62. The lowest BCUT2D eigenvalue weighted by Crippen LogP contribution is -2.40. The molecule has 0 radical (unpaired) electrons. The fraction of sp³-hybridized carbons (Fsp3) is 0.632. The average molecular weight is 287 g/mol. The molecule has 0 saturated carbocycles. The molecule has 1 aliphatic rings. The van der Waals surface area contributed by atoms with Crippen LogP contribution in [-0.4, -0.2) is 30.8 Å². The number of carbonyl (C=O) groups is 1. The summed E-state index contributed by atoms with van der Waals surface area (Å²) in [4.78, 5) is 14.2. The first-order chi connectivity index (χ1) is 10.0. The predicted molar refractivity (Wildman–Crippen MR) is 88.5 cm³/mol. The Bertz CT molecular complexity index is 442. The van der Waals surface area contributed by atoms with E-state index in [1.807, 2.05) is 18.2 Å². The second kappa shape index (κ2) is 7.22. The van der Waals surface area contributed by atoms with E-state index in [0.29, 0.717) is 0 Å². The molecular weight excluding hydrogens is 258 g/mol. The van der Waals surface area contributed by atoms with Gasteiger partial charge >= 0.3 is 0 Å². The van der Waals surface area contributed by atoms with Gasteiger partial charge in [0.1, 0.15) is 6.29 Å². The summed E-state index contributed by atoms with van der Waals surface area (Å²) in [5, 5.41) is 0. The molecule has 1 aliphatic heterocycles. The van der Waals surface area contributed by atoms with Crippen LogP contribution in [0.4, 0.5) is 0 Å². The van der Waals surface area contributed by atoms with Crippen molar-refractivity contribution in [2.75, 3.05) is 19.6 Å². The highest BCUT2D eigenvalue weighted by atomic mass is 16.1. The molecule has 0 N–H and O–H groups in total. The molecular formula is C19H29NO. The van der Waals surface area contributed by atoms with Gasteiger partial charge in [0.15, 0.2) is 0 Å². The normalized spacial score (nSPS) is 23.5. The van der Waals surface area contributed by atoms with Gasteiger partial charge in [-0.3, -0.25) is 0 Å². The summed E-state index contributed by atoms with van der Waals surface area (Å²) >= 11 is 0. The van der Waals surface area contributed by atoms with Crippen LogP contribution in [0.1, 0.15) is 45.6 Å². The highest BCUT2D eigenvalue weighted by Crippen LogP contribution is 2.28. The van der Waals surface area contributed by atoms with Crippen LogP contribution >= 0.6 is 0 Å². The topological polar surface area (TPSA) is 20.3 Å². The fourth-order valence-corrected chi connectivity index (χ4v) is 3.49. The van der Waals surface area contributed by atoms with Crippen LogP contribution in [0.25, 0.3) is 0 Å². The molecule has 1 aromatic carbocycles. The zero-order valence-corrected chi connectivity index (χ0v) is 13.7. The minimum absolute atomic E-state index is 0.390. The molecule has 1 fully saturated rings. The Morgan fingerprint density at radius 1 is 1.24 bits per heavy atom. The lowest BCUT2D eigenvalue weighted by atomic mass is 9.83. The van der Waals surface area contributed by atoms with E-state index < -0.39 is 0 Å².